The first-order valence-electron chi connectivity index (χ1n) is 6.99. The van der Waals surface area contributed by atoms with E-state index in [0.29, 0.717) is 0 Å². The summed E-state index contributed by atoms with van der Waals surface area (Å²) >= 11 is 0. The molecule has 0 heterocycles. The average molecular weight is 233 g/mol. The maximum absolute atomic E-state index is 3.61. The van der Waals surface area contributed by atoms with Crippen molar-refractivity contribution in [1.82, 2.24) is 0 Å². The van der Waals surface area contributed by atoms with Gasteiger partial charge in [0, 0.05) is 12.2 Å². The molecule has 0 saturated carbocycles. The number of nitrogens with one attached hydrogen (secondary N) is 1. The first-order chi connectivity index (χ1) is 8.19. The van der Waals surface area contributed by atoms with E-state index in [1.54, 1.807) is 0 Å². The minimum Gasteiger partial charge on any atom is -0.385 e. The first kappa shape index (κ1) is 14.1. The van der Waals surface area contributed by atoms with E-state index in [4.69, 9.17) is 0 Å². The van der Waals surface area contributed by atoms with Gasteiger partial charge in [-0.3, -0.25) is 0 Å². The van der Waals surface area contributed by atoms with Crippen LogP contribution in [0.25, 0.3) is 0 Å². The molecule has 0 saturated heterocycles. The van der Waals surface area contributed by atoms with Gasteiger partial charge in [-0.15, -0.1) is 0 Å². The van der Waals surface area contributed by atoms with Crippen molar-refractivity contribution in [3.8, 4) is 0 Å². The van der Waals surface area contributed by atoms with Crippen LogP contribution >= 0.6 is 0 Å². The second kappa shape index (κ2) is 7.37. The van der Waals surface area contributed by atoms with Gasteiger partial charge in [0.2, 0.25) is 0 Å². The standard InChI is InChI=1S/C16H27N/c1-5-7-10-15(6-2)12-17-16-11-8-9-13(3)14(16)4/h8-9,11,15,17H,5-7,10,12H2,1-4H3. The summed E-state index contributed by atoms with van der Waals surface area (Å²) < 4.78 is 0. The molecule has 0 fully saturated rings. The molecule has 0 radical (unpaired) electrons. The monoisotopic (exact) mass is 233 g/mol. The molecular formula is C16H27N. The Morgan fingerprint density at radius 3 is 2.59 bits per heavy atom. The topological polar surface area (TPSA) is 12.0 Å². The summed E-state index contributed by atoms with van der Waals surface area (Å²) in [6.07, 6.45) is 5.29. The second-order valence-electron chi connectivity index (χ2n) is 5.04. The van der Waals surface area contributed by atoms with Gasteiger partial charge in [0.15, 0.2) is 0 Å². The van der Waals surface area contributed by atoms with Crippen LogP contribution in [-0.2, 0) is 0 Å². The molecule has 1 N–H and O–H groups in total. The van der Waals surface area contributed by atoms with Gasteiger partial charge in [-0.2, -0.15) is 0 Å². The lowest BCUT2D eigenvalue weighted by Gasteiger charge is -2.18. The van der Waals surface area contributed by atoms with Gasteiger partial charge in [-0.05, 0) is 43.4 Å². The molecule has 1 rings (SSSR count). The molecule has 0 aromatic heterocycles. The van der Waals surface area contributed by atoms with E-state index in [1.807, 2.05) is 0 Å². The number of hydrogen-bond donors (Lipinski definition) is 1. The van der Waals surface area contributed by atoms with Crippen LogP contribution in [0.2, 0.25) is 0 Å². The molecule has 0 aliphatic carbocycles. The fourth-order valence-corrected chi connectivity index (χ4v) is 2.14. The van der Waals surface area contributed by atoms with E-state index in [-0.39, 0.29) is 0 Å². The molecule has 1 unspecified atom stereocenters. The lowest BCUT2D eigenvalue weighted by molar-refractivity contribution is 0.472. The zero-order valence-corrected chi connectivity index (χ0v) is 11.8. The van der Waals surface area contributed by atoms with Crippen molar-refractivity contribution < 1.29 is 0 Å². The Kier molecular flexibility index (Phi) is 6.10. The summed E-state index contributed by atoms with van der Waals surface area (Å²) in [5.41, 5.74) is 4.06. The van der Waals surface area contributed by atoms with Crippen LogP contribution in [0.4, 0.5) is 5.69 Å². The summed E-state index contributed by atoms with van der Waals surface area (Å²) in [7, 11) is 0. The predicted molar refractivity (Wildman–Crippen MR) is 77.7 cm³/mol. The molecule has 0 bridgehead atoms. The maximum Gasteiger partial charge on any atom is 0.0372 e. The van der Waals surface area contributed by atoms with E-state index in [1.165, 1.54) is 42.5 Å². The smallest absolute Gasteiger partial charge is 0.0372 e. The zero-order valence-electron chi connectivity index (χ0n) is 11.8. The van der Waals surface area contributed by atoms with Crippen LogP contribution in [0.5, 0.6) is 0 Å². The number of aryl methyl sites for hydroxylation is 1. The van der Waals surface area contributed by atoms with Crippen molar-refractivity contribution in [2.24, 2.45) is 5.92 Å². The lowest BCUT2D eigenvalue weighted by atomic mass is 9.99. The number of anilines is 1. The van der Waals surface area contributed by atoms with Crippen LogP contribution in [0.3, 0.4) is 0 Å². The predicted octanol–water partition coefficient (Wildman–Crippen LogP) is 4.93. The van der Waals surface area contributed by atoms with Crippen molar-refractivity contribution >= 4 is 5.69 Å². The average Bonchev–Trinajstić information content (AvgIpc) is 2.34. The molecule has 1 aromatic rings. The quantitative estimate of drug-likeness (QED) is 0.704. The van der Waals surface area contributed by atoms with E-state index < -0.39 is 0 Å². The van der Waals surface area contributed by atoms with Gasteiger partial charge in [-0.25, -0.2) is 0 Å². The first-order valence-corrected chi connectivity index (χ1v) is 6.99. The Hall–Kier alpha value is -0.980. The Labute approximate surface area is 107 Å². The summed E-state index contributed by atoms with van der Waals surface area (Å²) in [6, 6.07) is 6.50. The molecule has 17 heavy (non-hydrogen) atoms. The molecule has 0 aliphatic heterocycles. The van der Waals surface area contributed by atoms with Crippen LogP contribution < -0.4 is 5.32 Å². The van der Waals surface area contributed by atoms with Gasteiger partial charge in [0.05, 0.1) is 0 Å². The maximum atomic E-state index is 3.61. The minimum atomic E-state index is 0.815. The fraction of sp³-hybridized carbons (Fsp3) is 0.625. The van der Waals surface area contributed by atoms with Gasteiger partial charge >= 0.3 is 0 Å². The molecule has 1 heteroatoms. The summed E-state index contributed by atoms with van der Waals surface area (Å²) in [6.45, 7) is 10.1. The normalized spacial score (nSPS) is 12.5. The lowest BCUT2D eigenvalue weighted by Crippen LogP contribution is -2.14. The van der Waals surface area contributed by atoms with Crippen LogP contribution in [0.1, 0.15) is 50.7 Å². The number of benzene rings is 1. The number of unbranched alkanes of at least 4 members (excludes halogenated alkanes) is 1. The third kappa shape index (κ3) is 4.41. The molecule has 1 nitrogen and oxygen atoms in total. The van der Waals surface area contributed by atoms with Gasteiger partial charge in [0.1, 0.15) is 0 Å². The zero-order chi connectivity index (χ0) is 12.7. The van der Waals surface area contributed by atoms with Crippen molar-refractivity contribution in [2.45, 2.75) is 53.4 Å². The third-order valence-electron chi connectivity index (χ3n) is 3.73. The highest BCUT2D eigenvalue weighted by Gasteiger charge is 2.06. The van der Waals surface area contributed by atoms with Gasteiger partial charge < -0.3 is 5.32 Å². The van der Waals surface area contributed by atoms with E-state index in [0.717, 1.165) is 12.5 Å². The van der Waals surface area contributed by atoms with Crippen molar-refractivity contribution in [1.29, 1.82) is 0 Å². The van der Waals surface area contributed by atoms with Crippen LogP contribution in [0.15, 0.2) is 18.2 Å². The summed E-state index contributed by atoms with van der Waals surface area (Å²) in [5.74, 6) is 0.815. The SMILES string of the molecule is CCCCC(CC)CNc1cccc(C)c1C. The fourth-order valence-electron chi connectivity index (χ4n) is 2.14. The molecule has 96 valence electrons. The Bertz CT molecular complexity index is 330. The van der Waals surface area contributed by atoms with Crippen LogP contribution in [0, 0.1) is 19.8 Å². The van der Waals surface area contributed by atoms with Crippen molar-refractivity contribution in [3.05, 3.63) is 29.3 Å². The summed E-state index contributed by atoms with van der Waals surface area (Å²) in [4.78, 5) is 0. The van der Waals surface area contributed by atoms with E-state index in [2.05, 4.69) is 51.2 Å². The molecule has 0 spiro atoms. The number of hydrogen-bond acceptors (Lipinski definition) is 1. The number of rotatable bonds is 7. The van der Waals surface area contributed by atoms with Crippen molar-refractivity contribution in [3.63, 3.8) is 0 Å². The van der Waals surface area contributed by atoms with E-state index in [9.17, 15) is 0 Å². The minimum absolute atomic E-state index is 0.815. The van der Waals surface area contributed by atoms with Gasteiger partial charge in [0.25, 0.3) is 0 Å². The summed E-state index contributed by atoms with van der Waals surface area (Å²) in [5, 5.41) is 3.61. The third-order valence-corrected chi connectivity index (χ3v) is 3.73. The highest BCUT2D eigenvalue weighted by molar-refractivity contribution is 5.53. The largest absolute Gasteiger partial charge is 0.385 e. The highest BCUT2D eigenvalue weighted by Crippen LogP contribution is 2.20. The van der Waals surface area contributed by atoms with Crippen LogP contribution in [-0.4, -0.2) is 6.54 Å². The molecule has 1 atom stereocenters. The Balaban J connectivity index is 2.50. The Morgan fingerprint density at radius 2 is 1.94 bits per heavy atom. The molecule has 1 aromatic carbocycles. The van der Waals surface area contributed by atoms with E-state index >= 15 is 0 Å². The Morgan fingerprint density at radius 1 is 1.18 bits per heavy atom. The molecular weight excluding hydrogens is 206 g/mol. The molecule has 0 aliphatic rings. The highest BCUT2D eigenvalue weighted by atomic mass is 14.9. The molecule has 0 amide bonds. The second-order valence-corrected chi connectivity index (χ2v) is 5.04. The van der Waals surface area contributed by atoms with Gasteiger partial charge in [-0.1, -0.05) is 45.2 Å². The van der Waals surface area contributed by atoms with Crippen molar-refractivity contribution in [2.75, 3.05) is 11.9 Å².